The molecule has 110 valence electrons. The van der Waals surface area contributed by atoms with E-state index in [9.17, 15) is 8.42 Å². The molecule has 0 saturated carbocycles. The van der Waals surface area contributed by atoms with Crippen molar-refractivity contribution < 1.29 is 8.42 Å². The van der Waals surface area contributed by atoms with Gasteiger partial charge >= 0.3 is 0 Å². The van der Waals surface area contributed by atoms with Gasteiger partial charge in [-0.2, -0.15) is 10.2 Å². The van der Waals surface area contributed by atoms with E-state index >= 15 is 0 Å². The number of aromatic nitrogens is 4. The third kappa shape index (κ3) is 2.55. The average molecular weight is 297 g/mol. The van der Waals surface area contributed by atoms with Crippen LogP contribution in [-0.4, -0.2) is 28.0 Å². The molecule has 8 heteroatoms. The summed E-state index contributed by atoms with van der Waals surface area (Å²) < 4.78 is 30.7. The van der Waals surface area contributed by atoms with Crippen molar-refractivity contribution in [1.29, 1.82) is 0 Å². The molecule has 2 rings (SSSR count). The molecule has 2 heterocycles. The molecular weight excluding hydrogens is 278 g/mol. The smallest absolute Gasteiger partial charge is 0.265 e. The number of anilines is 1. The first-order valence-electron chi connectivity index (χ1n) is 6.48. The lowest BCUT2D eigenvalue weighted by Crippen LogP contribution is -2.14. The summed E-state index contributed by atoms with van der Waals surface area (Å²) in [6, 6.07) is 0. The number of nitrogens with zero attached hydrogens (tertiary/aromatic N) is 4. The van der Waals surface area contributed by atoms with Gasteiger partial charge in [-0.05, 0) is 27.7 Å². The predicted molar refractivity (Wildman–Crippen MR) is 76.1 cm³/mol. The zero-order chi connectivity index (χ0) is 14.9. The molecule has 2 aromatic rings. The minimum Gasteiger partial charge on any atom is -0.276 e. The maximum Gasteiger partial charge on any atom is 0.265 e. The third-order valence-electron chi connectivity index (χ3n) is 3.16. The van der Waals surface area contributed by atoms with Crippen LogP contribution in [0.1, 0.15) is 25.2 Å². The zero-order valence-corrected chi connectivity index (χ0v) is 12.9. The second kappa shape index (κ2) is 5.28. The molecule has 7 nitrogen and oxygen atoms in total. The molecule has 0 bridgehead atoms. The predicted octanol–water partition coefficient (Wildman–Crippen LogP) is 1.54. The van der Waals surface area contributed by atoms with E-state index in [0.717, 1.165) is 0 Å². The van der Waals surface area contributed by atoms with Crippen LogP contribution in [0.25, 0.3) is 0 Å². The summed E-state index contributed by atoms with van der Waals surface area (Å²) in [5.41, 5.74) is 1.77. The molecule has 0 aliphatic carbocycles. The minimum absolute atomic E-state index is 0.197. The van der Waals surface area contributed by atoms with Gasteiger partial charge in [-0.25, -0.2) is 8.42 Å². The van der Waals surface area contributed by atoms with Gasteiger partial charge in [0.2, 0.25) is 0 Å². The van der Waals surface area contributed by atoms with Gasteiger partial charge in [0.1, 0.15) is 4.90 Å². The van der Waals surface area contributed by atoms with Gasteiger partial charge in [0.05, 0.1) is 23.3 Å². The molecular formula is C12H19N5O2S. The molecule has 0 unspecified atom stereocenters. The summed E-state index contributed by atoms with van der Waals surface area (Å²) in [5, 5.41) is 8.28. The third-order valence-corrected chi connectivity index (χ3v) is 4.63. The molecule has 0 aliphatic heterocycles. The lowest BCUT2D eigenvalue weighted by atomic mass is 10.4. The van der Waals surface area contributed by atoms with Crippen LogP contribution in [0.15, 0.2) is 17.3 Å². The fraction of sp³-hybridized carbons (Fsp3) is 0.500. The van der Waals surface area contributed by atoms with E-state index in [0.29, 0.717) is 30.2 Å². The molecule has 0 spiro atoms. The number of aryl methyl sites for hydroxylation is 3. The summed E-state index contributed by atoms with van der Waals surface area (Å²) in [4.78, 5) is 0.197. The Balaban J connectivity index is 2.35. The largest absolute Gasteiger partial charge is 0.276 e. The van der Waals surface area contributed by atoms with E-state index in [1.807, 2.05) is 13.8 Å². The van der Waals surface area contributed by atoms with Crippen LogP contribution in [0, 0.1) is 13.8 Å². The van der Waals surface area contributed by atoms with Crippen molar-refractivity contribution in [2.75, 3.05) is 4.72 Å². The van der Waals surface area contributed by atoms with E-state index in [4.69, 9.17) is 0 Å². The highest BCUT2D eigenvalue weighted by molar-refractivity contribution is 7.92. The second-order valence-corrected chi connectivity index (χ2v) is 6.15. The van der Waals surface area contributed by atoms with E-state index in [1.165, 1.54) is 6.20 Å². The second-order valence-electron chi connectivity index (χ2n) is 4.50. The molecule has 2 aromatic heterocycles. The van der Waals surface area contributed by atoms with Crippen molar-refractivity contribution in [3.05, 3.63) is 23.8 Å². The summed E-state index contributed by atoms with van der Waals surface area (Å²) in [6.07, 6.45) is 3.06. The lowest BCUT2D eigenvalue weighted by molar-refractivity contribution is 0.598. The van der Waals surface area contributed by atoms with Crippen LogP contribution >= 0.6 is 0 Å². The van der Waals surface area contributed by atoms with Crippen LogP contribution in [-0.2, 0) is 23.1 Å². The highest BCUT2D eigenvalue weighted by atomic mass is 32.2. The Morgan fingerprint density at radius 3 is 2.45 bits per heavy atom. The molecule has 0 aromatic carbocycles. The van der Waals surface area contributed by atoms with Crippen molar-refractivity contribution in [2.45, 2.75) is 45.7 Å². The highest BCUT2D eigenvalue weighted by Gasteiger charge is 2.22. The minimum atomic E-state index is -3.64. The first-order chi connectivity index (χ1) is 9.39. The lowest BCUT2D eigenvalue weighted by Gasteiger charge is -2.06. The molecule has 0 amide bonds. The SMILES string of the molecule is CCn1cc(NS(=O)(=O)c2cnn(CC)c2C)c(C)n1. The van der Waals surface area contributed by atoms with Crippen molar-refractivity contribution in [3.8, 4) is 0 Å². The Morgan fingerprint density at radius 2 is 1.95 bits per heavy atom. The fourth-order valence-electron chi connectivity index (χ4n) is 1.99. The zero-order valence-electron chi connectivity index (χ0n) is 12.1. The van der Waals surface area contributed by atoms with E-state index < -0.39 is 10.0 Å². The molecule has 1 N–H and O–H groups in total. The number of hydrogen-bond acceptors (Lipinski definition) is 4. The Labute approximate surface area is 118 Å². The molecule has 0 radical (unpaired) electrons. The summed E-state index contributed by atoms with van der Waals surface area (Å²) >= 11 is 0. The Kier molecular flexibility index (Phi) is 3.85. The number of hydrogen-bond donors (Lipinski definition) is 1. The van der Waals surface area contributed by atoms with Crippen molar-refractivity contribution >= 4 is 15.7 Å². The van der Waals surface area contributed by atoms with E-state index in [2.05, 4.69) is 14.9 Å². The van der Waals surface area contributed by atoms with E-state index in [1.54, 1.807) is 29.4 Å². The van der Waals surface area contributed by atoms with Gasteiger partial charge in [-0.15, -0.1) is 0 Å². The van der Waals surface area contributed by atoms with Crippen LogP contribution < -0.4 is 4.72 Å². The topological polar surface area (TPSA) is 81.8 Å². The Morgan fingerprint density at radius 1 is 1.25 bits per heavy atom. The van der Waals surface area contributed by atoms with Crippen molar-refractivity contribution in [2.24, 2.45) is 0 Å². The van der Waals surface area contributed by atoms with Crippen LogP contribution in [0.2, 0.25) is 0 Å². The van der Waals surface area contributed by atoms with Crippen molar-refractivity contribution in [1.82, 2.24) is 19.6 Å². The highest BCUT2D eigenvalue weighted by Crippen LogP contribution is 2.21. The Hall–Kier alpha value is -1.83. The standard InChI is InChI=1S/C12H19N5O2S/c1-5-16-8-11(9(3)14-16)15-20(18,19)12-7-13-17(6-2)10(12)4/h7-8,15H,5-6H2,1-4H3. The van der Waals surface area contributed by atoms with Gasteiger partial charge in [0.15, 0.2) is 0 Å². The maximum atomic E-state index is 12.4. The quantitative estimate of drug-likeness (QED) is 0.907. The number of sulfonamides is 1. The monoisotopic (exact) mass is 297 g/mol. The first-order valence-corrected chi connectivity index (χ1v) is 7.96. The van der Waals surface area contributed by atoms with Crippen LogP contribution in [0.5, 0.6) is 0 Å². The van der Waals surface area contributed by atoms with Crippen molar-refractivity contribution in [3.63, 3.8) is 0 Å². The number of nitrogens with one attached hydrogen (secondary N) is 1. The van der Waals surface area contributed by atoms with Crippen LogP contribution in [0.3, 0.4) is 0 Å². The number of rotatable bonds is 5. The Bertz CT molecular complexity index is 714. The summed E-state index contributed by atoms with van der Waals surface area (Å²) in [5.74, 6) is 0. The van der Waals surface area contributed by atoms with Gasteiger partial charge in [0.25, 0.3) is 10.0 Å². The molecule has 0 atom stereocenters. The molecule has 0 fully saturated rings. The molecule has 0 aliphatic rings. The first kappa shape index (κ1) is 14.6. The van der Waals surface area contributed by atoms with Gasteiger partial charge in [-0.3, -0.25) is 14.1 Å². The van der Waals surface area contributed by atoms with Gasteiger partial charge < -0.3 is 0 Å². The van der Waals surface area contributed by atoms with Gasteiger partial charge in [-0.1, -0.05) is 0 Å². The molecule has 20 heavy (non-hydrogen) atoms. The normalized spacial score (nSPS) is 11.8. The van der Waals surface area contributed by atoms with Gasteiger partial charge in [0, 0.05) is 19.3 Å². The maximum absolute atomic E-state index is 12.4. The average Bonchev–Trinajstić information content (AvgIpc) is 2.93. The van der Waals surface area contributed by atoms with Crippen LogP contribution in [0.4, 0.5) is 5.69 Å². The summed E-state index contributed by atoms with van der Waals surface area (Å²) in [6.45, 7) is 8.70. The summed E-state index contributed by atoms with van der Waals surface area (Å²) in [7, 11) is -3.64. The molecule has 0 saturated heterocycles. The van der Waals surface area contributed by atoms with E-state index in [-0.39, 0.29) is 4.90 Å². The fourth-order valence-corrected chi connectivity index (χ4v) is 3.27.